The number of hydrogen-bond acceptors (Lipinski definition) is 9. The first kappa shape index (κ1) is 16.8. The highest BCUT2D eigenvalue weighted by molar-refractivity contribution is 5.37. The van der Waals surface area contributed by atoms with Crippen LogP contribution < -0.4 is 9.96 Å². The molecule has 22 heavy (non-hydrogen) atoms. The van der Waals surface area contributed by atoms with E-state index in [9.17, 15) is 15.3 Å². The van der Waals surface area contributed by atoms with E-state index < -0.39 is 20.2 Å². The monoisotopic (exact) mass is 313 g/mol. The van der Waals surface area contributed by atoms with Crippen LogP contribution in [0.5, 0.6) is 0 Å². The normalized spacial score (nSPS) is 15.8. The Bertz CT molecular complexity index is 431. The molecule has 1 aromatic heterocycles. The molecule has 1 fully saturated rings. The summed E-state index contributed by atoms with van der Waals surface area (Å²) in [4.78, 5) is 19.1. The molecule has 0 aromatic carbocycles. The average Bonchev–Trinajstić information content (AvgIpc) is 2.58. The maximum Gasteiger partial charge on any atom is 0.257 e. The number of hydroxylamine groups is 1. The number of rotatable bonds is 7. The van der Waals surface area contributed by atoms with Crippen LogP contribution in [0.1, 0.15) is 43.8 Å². The van der Waals surface area contributed by atoms with E-state index in [-0.39, 0.29) is 17.8 Å². The minimum atomic E-state index is -0.420. The van der Waals surface area contributed by atoms with Crippen molar-refractivity contribution in [2.45, 2.75) is 38.0 Å². The van der Waals surface area contributed by atoms with Gasteiger partial charge in [0.1, 0.15) is 26.0 Å². The minimum Gasteiger partial charge on any atom is -0.376 e. The third-order valence-corrected chi connectivity index (χ3v) is 3.80. The van der Waals surface area contributed by atoms with E-state index in [1.807, 2.05) is 0 Å². The Balaban J connectivity index is 2.38. The molecule has 0 bridgehead atoms. The molecule has 0 aliphatic heterocycles. The highest BCUT2D eigenvalue weighted by atomic mass is 16.7. The maximum absolute atomic E-state index is 9.31. The van der Waals surface area contributed by atoms with Crippen LogP contribution in [-0.2, 0) is 4.84 Å². The molecule has 0 atom stereocenters. The quantitative estimate of drug-likeness (QED) is 0.470. The largest absolute Gasteiger partial charge is 0.376 e. The van der Waals surface area contributed by atoms with Crippen LogP contribution in [0, 0.1) is 0 Å². The third kappa shape index (κ3) is 3.80. The first-order chi connectivity index (χ1) is 10.7. The lowest BCUT2D eigenvalue weighted by molar-refractivity contribution is 0.0969. The molecule has 0 radical (unpaired) electrons. The van der Waals surface area contributed by atoms with E-state index in [4.69, 9.17) is 4.84 Å². The third-order valence-electron chi connectivity index (χ3n) is 3.80. The van der Waals surface area contributed by atoms with Crippen molar-refractivity contribution in [1.29, 1.82) is 0 Å². The first-order valence-electron chi connectivity index (χ1n) is 7.38. The van der Waals surface area contributed by atoms with E-state index in [1.54, 1.807) is 0 Å². The van der Waals surface area contributed by atoms with Crippen LogP contribution in [0.4, 0.5) is 11.9 Å². The second kappa shape index (κ2) is 8.18. The van der Waals surface area contributed by atoms with Gasteiger partial charge in [-0.3, -0.25) is 9.74 Å². The second-order valence-corrected chi connectivity index (χ2v) is 5.15. The molecule has 0 amide bonds. The Kier molecular flexibility index (Phi) is 6.25. The molecule has 1 aliphatic rings. The van der Waals surface area contributed by atoms with Crippen molar-refractivity contribution in [2.24, 2.45) is 0 Å². The van der Waals surface area contributed by atoms with Crippen molar-refractivity contribution in [2.75, 3.05) is 37.3 Å². The maximum atomic E-state index is 9.31. The molecule has 9 heteroatoms. The van der Waals surface area contributed by atoms with Crippen LogP contribution in [0.25, 0.3) is 0 Å². The lowest BCUT2D eigenvalue weighted by Crippen LogP contribution is -2.31. The van der Waals surface area contributed by atoms with Gasteiger partial charge in [0, 0.05) is 5.92 Å². The predicted molar refractivity (Wildman–Crippen MR) is 78.9 cm³/mol. The smallest absolute Gasteiger partial charge is 0.257 e. The van der Waals surface area contributed by atoms with E-state index in [1.165, 1.54) is 18.4 Å². The lowest BCUT2D eigenvalue weighted by atomic mass is 9.89. The van der Waals surface area contributed by atoms with E-state index in [0.29, 0.717) is 5.82 Å². The van der Waals surface area contributed by atoms with Crippen molar-refractivity contribution in [1.82, 2.24) is 15.0 Å². The van der Waals surface area contributed by atoms with Crippen molar-refractivity contribution in [3.8, 4) is 0 Å². The first-order valence-corrected chi connectivity index (χ1v) is 7.38. The Labute approximate surface area is 129 Å². The van der Waals surface area contributed by atoms with Gasteiger partial charge >= 0.3 is 0 Å². The fourth-order valence-corrected chi connectivity index (χ4v) is 2.54. The number of hydrogen-bond donors (Lipinski definition) is 3. The van der Waals surface area contributed by atoms with Gasteiger partial charge in [-0.05, 0) is 12.8 Å². The van der Waals surface area contributed by atoms with Crippen molar-refractivity contribution < 1.29 is 20.2 Å². The van der Waals surface area contributed by atoms with Crippen LogP contribution in [0.3, 0.4) is 0 Å². The van der Waals surface area contributed by atoms with Gasteiger partial charge < -0.3 is 15.3 Å². The second-order valence-electron chi connectivity index (χ2n) is 5.15. The predicted octanol–water partition coefficient (Wildman–Crippen LogP) is -0.0571. The summed E-state index contributed by atoms with van der Waals surface area (Å²) in [6.07, 6.45) is 5.44. The zero-order valence-electron chi connectivity index (χ0n) is 12.7. The average molecular weight is 313 g/mol. The molecule has 0 unspecified atom stereocenters. The fourth-order valence-electron chi connectivity index (χ4n) is 2.54. The van der Waals surface area contributed by atoms with Gasteiger partial charge in [-0.15, -0.1) is 0 Å². The number of aliphatic hydroxyl groups is 3. The zero-order valence-corrected chi connectivity index (χ0v) is 12.7. The molecule has 0 saturated heterocycles. The van der Waals surface area contributed by atoms with Gasteiger partial charge in [0.25, 0.3) is 5.95 Å². The molecule has 2 rings (SSSR count). The van der Waals surface area contributed by atoms with Crippen molar-refractivity contribution in [3.05, 3.63) is 5.82 Å². The number of aliphatic hydroxyl groups excluding tert-OH is 3. The molecule has 1 saturated carbocycles. The number of anilines is 2. The lowest BCUT2D eigenvalue weighted by Gasteiger charge is -2.25. The topological polar surface area (TPSA) is 115 Å². The van der Waals surface area contributed by atoms with Gasteiger partial charge in [-0.1, -0.05) is 19.3 Å². The SMILES string of the molecule is CON(CO)c1nc(C2CCCCC2)nc(N(CO)CO)n1. The van der Waals surface area contributed by atoms with Crippen molar-refractivity contribution >= 4 is 11.9 Å². The Hall–Kier alpha value is -1.55. The summed E-state index contributed by atoms with van der Waals surface area (Å²) in [6, 6.07) is 0. The molecule has 9 nitrogen and oxygen atoms in total. The Morgan fingerprint density at radius 1 is 0.955 bits per heavy atom. The number of nitrogens with zero attached hydrogens (tertiary/aromatic N) is 5. The van der Waals surface area contributed by atoms with E-state index in [0.717, 1.165) is 30.7 Å². The Morgan fingerprint density at radius 3 is 2.14 bits per heavy atom. The minimum absolute atomic E-state index is 0.155. The summed E-state index contributed by atoms with van der Waals surface area (Å²) < 4.78 is 0. The van der Waals surface area contributed by atoms with Gasteiger partial charge in [0.2, 0.25) is 5.95 Å². The molecule has 0 spiro atoms. The summed E-state index contributed by atoms with van der Waals surface area (Å²) in [5.41, 5.74) is 0. The van der Waals surface area contributed by atoms with Gasteiger partial charge in [-0.2, -0.15) is 20.0 Å². The molecule has 1 aliphatic carbocycles. The van der Waals surface area contributed by atoms with Gasteiger partial charge in [0.15, 0.2) is 0 Å². The molecule has 1 heterocycles. The van der Waals surface area contributed by atoms with Crippen LogP contribution in [0.15, 0.2) is 0 Å². The van der Waals surface area contributed by atoms with Gasteiger partial charge in [-0.25, -0.2) is 0 Å². The van der Waals surface area contributed by atoms with Crippen LogP contribution in [0.2, 0.25) is 0 Å². The summed E-state index contributed by atoms with van der Waals surface area (Å²) in [6.45, 7) is -1.26. The standard InChI is InChI=1S/C13H23N5O4/c1-22-18(9-21)13-15-11(10-5-3-2-4-6-10)14-12(16-13)17(7-19)8-20/h10,19-21H,2-9H2,1H3. The van der Waals surface area contributed by atoms with Crippen molar-refractivity contribution in [3.63, 3.8) is 0 Å². The summed E-state index contributed by atoms with van der Waals surface area (Å²) in [7, 11) is 1.40. The van der Waals surface area contributed by atoms with Crippen LogP contribution >= 0.6 is 0 Å². The molecular weight excluding hydrogens is 290 g/mol. The fraction of sp³-hybridized carbons (Fsp3) is 0.769. The summed E-state index contributed by atoms with van der Waals surface area (Å²) in [5, 5.41) is 29.0. The van der Waals surface area contributed by atoms with E-state index >= 15 is 0 Å². The molecular formula is C13H23N5O4. The Morgan fingerprint density at radius 2 is 1.59 bits per heavy atom. The molecule has 1 aromatic rings. The zero-order chi connectivity index (χ0) is 15.9. The van der Waals surface area contributed by atoms with Gasteiger partial charge in [0.05, 0.1) is 7.11 Å². The molecule has 3 N–H and O–H groups in total. The number of aromatic nitrogens is 3. The summed E-state index contributed by atoms with van der Waals surface area (Å²) in [5.74, 6) is 1.13. The molecule has 124 valence electrons. The highest BCUT2D eigenvalue weighted by Crippen LogP contribution is 2.31. The highest BCUT2D eigenvalue weighted by Gasteiger charge is 2.23. The summed E-state index contributed by atoms with van der Waals surface area (Å²) >= 11 is 0. The van der Waals surface area contributed by atoms with E-state index in [2.05, 4.69) is 15.0 Å². The van der Waals surface area contributed by atoms with Crippen LogP contribution in [-0.4, -0.2) is 57.6 Å².